The summed E-state index contributed by atoms with van der Waals surface area (Å²) in [5.74, 6) is -0.876. The molecule has 1 aliphatic rings. The van der Waals surface area contributed by atoms with Crippen LogP contribution in [0.5, 0.6) is 0 Å². The third kappa shape index (κ3) is 3.67. The second-order valence-corrected chi connectivity index (χ2v) is 4.54. The molecule has 0 aliphatic carbocycles. The van der Waals surface area contributed by atoms with Gasteiger partial charge in [0.25, 0.3) is 0 Å². The summed E-state index contributed by atoms with van der Waals surface area (Å²) in [5.41, 5.74) is -1.38. The highest BCUT2D eigenvalue weighted by atomic mass is 19.4. The van der Waals surface area contributed by atoms with Crippen molar-refractivity contribution in [2.75, 3.05) is 13.1 Å². The van der Waals surface area contributed by atoms with E-state index in [0.717, 1.165) is 37.6 Å². The molecule has 1 aromatic rings. The first kappa shape index (κ1) is 14.3. The molecule has 106 valence electrons. The summed E-state index contributed by atoms with van der Waals surface area (Å²) in [7, 11) is 0. The molecule has 1 fully saturated rings. The molecule has 1 aliphatic heterocycles. The smallest absolute Gasteiger partial charge is 0.372 e. The van der Waals surface area contributed by atoms with Crippen LogP contribution in [0.25, 0.3) is 0 Å². The second kappa shape index (κ2) is 5.88. The predicted molar refractivity (Wildman–Crippen MR) is 62.1 cm³/mol. The van der Waals surface area contributed by atoms with Gasteiger partial charge in [-0.15, -0.1) is 0 Å². The maximum atomic E-state index is 13.5. The van der Waals surface area contributed by atoms with Gasteiger partial charge in [-0.3, -0.25) is 0 Å². The predicted octanol–water partition coefficient (Wildman–Crippen LogP) is 3.11. The topological polar surface area (TPSA) is 21.3 Å². The Morgan fingerprint density at radius 3 is 2.74 bits per heavy atom. The van der Waals surface area contributed by atoms with Crippen LogP contribution in [-0.2, 0) is 17.5 Å². The van der Waals surface area contributed by atoms with Crippen LogP contribution in [0.4, 0.5) is 17.6 Å². The van der Waals surface area contributed by atoms with Crippen LogP contribution in [-0.4, -0.2) is 19.2 Å². The maximum Gasteiger partial charge on any atom is 0.416 e. The van der Waals surface area contributed by atoms with Crippen LogP contribution in [0.1, 0.15) is 24.0 Å². The van der Waals surface area contributed by atoms with Crippen molar-refractivity contribution < 1.29 is 22.3 Å². The van der Waals surface area contributed by atoms with Gasteiger partial charge in [0.2, 0.25) is 0 Å². The Hall–Kier alpha value is -1.14. The standard InChI is InChI=1S/C13H15F4NO/c14-12-5-1-4-11(13(15,16)17)10(12)8-19-9-3-2-6-18-7-9/h1,4-5,9,18H,2-3,6-8H2. The van der Waals surface area contributed by atoms with Gasteiger partial charge in [0.05, 0.1) is 18.3 Å². The highest BCUT2D eigenvalue weighted by molar-refractivity contribution is 5.30. The molecule has 0 radical (unpaired) electrons. The van der Waals surface area contributed by atoms with E-state index in [4.69, 9.17) is 4.74 Å². The van der Waals surface area contributed by atoms with E-state index < -0.39 is 23.1 Å². The van der Waals surface area contributed by atoms with Crippen molar-refractivity contribution in [3.05, 3.63) is 35.1 Å². The first-order valence-electron chi connectivity index (χ1n) is 6.15. The summed E-state index contributed by atoms with van der Waals surface area (Å²) in [5, 5.41) is 3.09. The number of ether oxygens (including phenoxy) is 1. The first-order chi connectivity index (χ1) is 8.98. The van der Waals surface area contributed by atoms with Gasteiger partial charge in [0.1, 0.15) is 5.82 Å². The molecule has 1 heterocycles. The number of hydrogen-bond donors (Lipinski definition) is 1. The number of benzene rings is 1. The second-order valence-electron chi connectivity index (χ2n) is 4.54. The molecule has 2 nitrogen and oxygen atoms in total. The Balaban J connectivity index is 2.10. The van der Waals surface area contributed by atoms with Crippen LogP contribution in [0, 0.1) is 5.82 Å². The minimum absolute atomic E-state index is 0.158. The number of halogens is 4. The summed E-state index contributed by atoms with van der Waals surface area (Å²) in [6.45, 7) is 1.12. The highest BCUT2D eigenvalue weighted by Gasteiger charge is 2.34. The van der Waals surface area contributed by atoms with Crippen LogP contribution >= 0.6 is 0 Å². The van der Waals surface area contributed by atoms with E-state index in [9.17, 15) is 17.6 Å². The number of rotatable bonds is 3. The van der Waals surface area contributed by atoms with Gasteiger partial charge in [-0.2, -0.15) is 13.2 Å². The van der Waals surface area contributed by atoms with E-state index in [1.165, 1.54) is 0 Å². The van der Waals surface area contributed by atoms with Crippen molar-refractivity contribution in [1.29, 1.82) is 0 Å². The highest BCUT2D eigenvalue weighted by Crippen LogP contribution is 2.33. The Kier molecular flexibility index (Phi) is 4.42. The number of hydrogen-bond acceptors (Lipinski definition) is 2. The zero-order valence-electron chi connectivity index (χ0n) is 10.3. The van der Waals surface area contributed by atoms with Gasteiger partial charge in [0, 0.05) is 12.1 Å². The fourth-order valence-corrected chi connectivity index (χ4v) is 2.13. The lowest BCUT2D eigenvalue weighted by atomic mass is 10.1. The van der Waals surface area contributed by atoms with Crippen molar-refractivity contribution >= 4 is 0 Å². The minimum atomic E-state index is -4.56. The van der Waals surface area contributed by atoms with E-state index in [0.29, 0.717) is 6.54 Å². The molecule has 0 spiro atoms. The zero-order valence-corrected chi connectivity index (χ0v) is 10.3. The van der Waals surface area contributed by atoms with E-state index >= 15 is 0 Å². The Morgan fingerprint density at radius 1 is 1.32 bits per heavy atom. The van der Waals surface area contributed by atoms with E-state index in [1.807, 2.05) is 0 Å². The quantitative estimate of drug-likeness (QED) is 0.857. The molecule has 2 rings (SSSR count). The molecule has 0 saturated carbocycles. The average Bonchev–Trinajstić information content (AvgIpc) is 2.37. The van der Waals surface area contributed by atoms with Gasteiger partial charge in [-0.1, -0.05) is 6.07 Å². The van der Waals surface area contributed by atoms with Gasteiger partial charge in [-0.05, 0) is 31.5 Å². The van der Waals surface area contributed by atoms with Crippen molar-refractivity contribution in [2.24, 2.45) is 0 Å². The van der Waals surface area contributed by atoms with E-state index in [-0.39, 0.29) is 12.7 Å². The molecule has 1 atom stereocenters. The first-order valence-corrected chi connectivity index (χ1v) is 6.15. The Bertz CT molecular complexity index is 427. The van der Waals surface area contributed by atoms with Gasteiger partial charge >= 0.3 is 6.18 Å². The Labute approximate surface area is 108 Å². The molecule has 1 N–H and O–H groups in total. The van der Waals surface area contributed by atoms with Gasteiger partial charge < -0.3 is 10.1 Å². The lowest BCUT2D eigenvalue weighted by Gasteiger charge is -2.24. The molecule has 1 aromatic carbocycles. The summed E-state index contributed by atoms with van der Waals surface area (Å²) >= 11 is 0. The summed E-state index contributed by atoms with van der Waals surface area (Å²) < 4.78 is 57.2. The van der Waals surface area contributed by atoms with Crippen molar-refractivity contribution in [3.63, 3.8) is 0 Å². The summed E-state index contributed by atoms with van der Waals surface area (Å²) in [4.78, 5) is 0. The minimum Gasteiger partial charge on any atom is -0.372 e. The molecule has 0 bridgehead atoms. The van der Waals surface area contributed by atoms with Gasteiger partial charge in [-0.25, -0.2) is 4.39 Å². The molecular formula is C13H15F4NO. The lowest BCUT2D eigenvalue weighted by Crippen LogP contribution is -2.35. The molecule has 6 heteroatoms. The fourth-order valence-electron chi connectivity index (χ4n) is 2.13. The number of nitrogens with one attached hydrogen (secondary N) is 1. The van der Waals surface area contributed by atoms with Gasteiger partial charge in [0.15, 0.2) is 0 Å². The largest absolute Gasteiger partial charge is 0.416 e. The van der Waals surface area contributed by atoms with Crippen molar-refractivity contribution in [2.45, 2.75) is 31.7 Å². The lowest BCUT2D eigenvalue weighted by molar-refractivity contribution is -0.139. The van der Waals surface area contributed by atoms with E-state index in [2.05, 4.69) is 5.32 Å². The monoisotopic (exact) mass is 277 g/mol. The summed E-state index contributed by atoms with van der Waals surface area (Å²) in [6.07, 6.45) is -3.03. The Morgan fingerprint density at radius 2 is 2.11 bits per heavy atom. The summed E-state index contributed by atoms with van der Waals surface area (Å²) in [6, 6.07) is 2.96. The van der Waals surface area contributed by atoms with Crippen LogP contribution in [0.2, 0.25) is 0 Å². The normalized spacial score (nSPS) is 20.5. The molecule has 0 aromatic heterocycles. The molecule has 1 saturated heterocycles. The van der Waals surface area contributed by atoms with Crippen molar-refractivity contribution in [1.82, 2.24) is 5.32 Å². The molecule has 0 amide bonds. The maximum absolute atomic E-state index is 13.5. The molecule has 1 unspecified atom stereocenters. The third-order valence-corrected chi connectivity index (χ3v) is 3.14. The average molecular weight is 277 g/mol. The number of piperidine rings is 1. The fraction of sp³-hybridized carbons (Fsp3) is 0.538. The molecule has 19 heavy (non-hydrogen) atoms. The number of alkyl halides is 3. The van der Waals surface area contributed by atoms with Crippen LogP contribution in [0.15, 0.2) is 18.2 Å². The van der Waals surface area contributed by atoms with E-state index in [1.54, 1.807) is 0 Å². The van der Waals surface area contributed by atoms with Crippen molar-refractivity contribution in [3.8, 4) is 0 Å². The van der Waals surface area contributed by atoms with Crippen LogP contribution < -0.4 is 5.32 Å². The molecular weight excluding hydrogens is 262 g/mol. The van der Waals surface area contributed by atoms with Crippen LogP contribution in [0.3, 0.4) is 0 Å². The SMILES string of the molecule is Fc1cccc(C(F)(F)F)c1COC1CCCNC1. The third-order valence-electron chi connectivity index (χ3n) is 3.14. The zero-order chi connectivity index (χ0) is 13.9.